The molecular weight excluding hydrogens is 306 g/mol. The van der Waals surface area contributed by atoms with Gasteiger partial charge in [-0.05, 0) is 67.4 Å². The van der Waals surface area contributed by atoms with Crippen LogP contribution in [-0.4, -0.2) is 11.9 Å². The molecule has 0 radical (unpaired) electrons. The third-order valence-electron chi connectivity index (χ3n) is 5.82. The Hall–Kier alpha value is -1.31. The van der Waals surface area contributed by atoms with E-state index in [2.05, 4.69) is 64.2 Å². The monoisotopic (exact) mass is 343 g/mol. The van der Waals surface area contributed by atoms with Crippen LogP contribution in [0, 0.1) is 17.3 Å². The number of benzene rings is 1. The summed E-state index contributed by atoms with van der Waals surface area (Å²) in [5, 5.41) is 3.30. The number of carbonyl (C=O) groups excluding carboxylic acids is 1. The topological polar surface area (TPSA) is 29.1 Å². The first kappa shape index (κ1) is 20.0. The maximum absolute atomic E-state index is 12.6. The molecule has 1 aromatic rings. The maximum Gasteiger partial charge on any atom is 0.227 e. The summed E-state index contributed by atoms with van der Waals surface area (Å²) >= 11 is 0. The van der Waals surface area contributed by atoms with Crippen LogP contribution in [0.5, 0.6) is 0 Å². The Kier molecular flexibility index (Phi) is 6.71. The summed E-state index contributed by atoms with van der Waals surface area (Å²) in [6, 6.07) is 8.95. The zero-order valence-electron chi connectivity index (χ0n) is 17.1. The van der Waals surface area contributed by atoms with E-state index < -0.39 is 0 Å². The third kappa shape index (κ3) is 5.87. The van der Waals surface area contributed by atoms with Crippen molar-refractivity contribution in [3.63, 3.8) is 0 Å². The first-order chi connectivity index (χ1) is 11.7. The van der Waals surface area contributed by atoms with Gasteiger partial charge in [0.05, 0.1) is 5.92 Å². The van der Waals surface area contributed by atoms with Crippen LogP contribution in [0.1, 0.15) is 84.3 Å². The lowest BCUT2D eigenvalue weighted by Crippen LogP contribution is -2.41. The third-order valence-corrected chi connectivity index (χ3v) is 5.82. The minimum atomic E-state index is -0.0755. The highest BCUT2D eigenvalue weighted by atomic mass is 16.1. The van der Waals surface area contributed by atoms with Crippen LogP contribution >= 0.6 is 0 Å². The Labute approximate surface area is 154 Å². The van der Waals surface area contributed by atoms with E-state index in [-0.39, 0.29) is 11.8 Å². The predicted molar refractivity (Wildman–Crippen MR) is 107 cm³/mol. The van der Waals surface area contributed by atoms with Gasteiger partial charge in [0.1, 0.15) is 0 Å². The van der Waals surface area contributed by atoms with Crippen molar-refractivity contribution >= 4 is 5.91 Å². The lowest BCUT2D eigenvalue weighted by atomic mass is 9.71. The Bertz CT molecular complexity index is 544. The molecule has 1 aliphatic rings. The van der Waals surface area contributed by atoms with E-state index in [0.29, 0.717) is 17.4 Å². The number of amides is 1. The minimum Gasteiger partial charge on any atom is -0.353 e. The van der Waals surface area contributed by atoms with Crippen molar-refractivity contribution in [3.8, 4) is 0 Å². The van der Waals surface area contributed by atoms with Crippen molar-refractivity contribution in [2.75, 3.05) is 0 Å². The van der Waals surface area contributed by atoms with Crippen molar-refractivity contribution in [3.05, 3.63) is 35.4 Å². The summed E-state index contributed by atoms with van der Waals surface area (Å²) < 4.78 is 0. The zero-order valence-corrected chi connectivity index (χ0v) is 17.1. The summed E-state index contributed by atoms with van der Waals surface area (Å²) in [6.45, 7) is 13.5. The van der Waals surface area contributed by atoms with Crippen LogP contribution in [0.25, 0.3) is 0 Å². The van der Waals surface area contributed by atoms with Crippen molar-refractivity contribution in [1.82, 2.24) is 5.32 Å². The summed E-state index contributed by atoms with van der Waals surface area (Å²) in [5.41, 5.74) is 2.86. The molecule has 25 heavy (non-hydrogen) atoms. The first-order valence-electron chi connectivity index (χ1n) is 10.1. The van der Waals surface area contributed by atoms with Gasteiger partial charge in [-0.3, -0.25) is 4.79 Å². The van der Waals surface area contributed by atoms with E-state index in [1.807, 2.05) is 6.92 Å². The number of hydrogen-bond acceptors (Lipinski definition) is 1. The van der Waals surface area contributed by atoms with E-state index in [1.165, 1.54) is 18.4 Å². The standard InChI is InChI=1S/C23H37NO/c1-16(2)15-18-7-9-19(10-8-18)17(3)22(25)24-21-13-11-20(12-14-21)23(4,5)6/h7-10,16-17,20-21H,11-15H2,1-6H3,(H,24,25). The number of carbonyl (C=O) groups is 1. The minimum absolute atomic E-state index is 0.0755. The molecule has 1 saturated carbocycles. The molecule has 0 aromatic heterocycles. The molecule has 2 heteroatoms. The van der Waals surface area contributed by atoms with Gasteiger partial charge in [-0.2, -0.15) is 0 Å². The van der Waals surface area contributed by atoms with Crippen molar-refractivity contribution < 1.29 is 4.79 Å². The highest BCUT2D eigenvalue weighted by molar-refractivity contribution is 5.83. The Balaban J connectivity index is 1.86. The summed E-state index contributed by atoms with van der Waals surface area (Å²) in [6.07, 6.45) is 5.79. The molecule has 1 aromatic carbocycles. The highest BCUT2D eigenvalue weighted by Crippen LogP contribution is 2.37. The number of hydrogen-bond donors (Lipinski definition) is 1. The molecule has 1 unspecified atom stereocenters. The van der Waals surface area contributed by atoms with Crippen molar-refractivity contribution in [2.45, 2.75) is 85.6 Å². The van der Waals surface area contributed by atoms with E-state index in [4.69, 9.17) is 0 Å². The SMILES string of the molecule is CC(C)Cc1ccc(C(C)C(=O)NC2CCC(C(C)(C)C)CC2)cc1. The average molecular weight is 344 g/mol. The molecule has 0 saturated heterocycles. The van der Waals surface area contributed by atoms with Gasteiger partial charge in [0, 0.05) is 6.04 Å². The van der Waals surface area contributed by atoms with Gasteiger partial charge in [-0.1, -0.05) is 58.9 Å². The number of rotatable bonds is 5. The van der Waals surface area contributed by atoms with Crippen LogP contribution < -0.4 is 5.32 Å². The Morgan fingerprint density at radius 3 is 2.08 bits per heavy atom. The molecule has 0 aliphatic heterocycles. The summed E-state index contributed by atoms with van der Waals surface area (Å²) in [5.74, 6) is 1.55. The molecule has 1 amide bonds. The molecule has 2 nitrogen and oxygen atoms in total. The summed E-state index contributed by atoms with van der Waals surface area (Å²) in [7, 11) is 0. The molecule has 1 N–H and O–H groups in total. The van der Waals surface area contributed by atoms with Crippen LogP contribution in [0.2, 0.25) is 0 Å². The van der Waals surface area contributed by atoms with Crippen LogP contribution in [0.15, 0.2) is 24.3 Å². The van der Waals surface area contributed by atoms with Gasteiger partial charge in [-0.15, -0.1) is 0 Å². The fourth-order valence-corrected chi connectivity index (χ4v) is 4.00. The van der Waals surface area contributed by atoms with Gasteiger partial charge in [0.2, 0.25) is 5.91 Å². The second kappa shape index (κ2) is 8.38. The lowest BCUT2D eigenvalue weighted by molar-refractivity contribution is -0.123. The largest absolute Gasteiger partial charge is 0.353 e. The van der Waals surface area contributed by atoms with Crippen LogP contribution in [-0.2, 0) is 11.2 Å². The first-order valence-corrected chi connectivity index (χ1v) is 10.1. The molecule has 0 spiro atoms. The molecule has 140 valence electrons. The molecule has 2 rings (SSSR count). The smallest absolute Gasteiger partial charge is 0.227 e. The quantitative estimate of drug-likeness (QED) is 0.729. The van der Waals surface area contributed by atoms with Gasteiger partial charge in [0.25, 0.3) is 0 Å². The van der Waals surface area contributed by atoms with E-state index in [9.17, 15) is 4.79 Å². The average Bonchev–Trinajstić information content (AvgIpc) is 2.54. The predicted octanol–water partition coefficient (Wildman–Crippen LogP) is 5.71. The highest BCUT2D eigenvalue weighted by Gasteiger charge is 2.30. The van der Waals surface area contributed by atoms with Crippen LogP contribution in [0.3, 0.4) is 0 Å². The molecular formula is C23H37NO. The van der Waals surface area contributed by atoms with Crippen LogP contribution in [0.4, 0.5) is 0 Å². The lowest BCUT2D eigenvalue weighted by Gasteiger charge is -2.37. The zero-order chi connectivity index (χ0) is 18.6. The normalized spacial score (nSPS) is 22.7. The van der Waals surface area contributed by atoms with Crippen molar-refractivity contribution in [1.29, 1.82) is 0 Å². The van der Waals surface area contributed by atoms with Crippen molar-refractivity contribution in [2.24, 2.45) is 17.3 Å². The van der Waals surface area contributed by atoms with Gasteiger partial charge >= 0.3 is 0 Å². The summed E-state index contributed by atoms with van der Waals surface area (Å²) in [4.78, 5) is 12.6. The van der Waals surface area contributed by atoms with E-state index in [1.54, 1.807) is 0 Å². The van der Waals surface area contributed by atoms with Gasteiger partial charge in [0.15, 0.2) is 0 Å². The van der Waals surface area contributed by atoms with Gasteiger partial charge in [-0.25, -0.2) is 0 Å². The molecule has 1 atom stereocenters. The molecule has 1 fully saturated rings. The number of nitrogens with one attached hydrogen (secondary N) is 1. The fourth-order valence-electron chi connectivity index (χ4n) is 4.00. The fraction of sp³-hybridized carbons (Fsp3) is 0.696. The Morgan fingerprint density at radius 1 is 1.04 bits per heavy atom. The Morgan fingerprint density at radius 2 is 1.60 bits per heavy atom. The van der Waals surface area contributed by atoms with Gasteiger partial charge < -0.3 is 5.32 Å². The van der Waals surface area contributed by atoms with E-state index in [0.717, 1.165) is 30.7 Å². The maximum atomic E-state index is 12.6. The second-order valence-corrected chi connectivity index (χ2v) is 9.48. The molecule has 0 bridgehead atoms. The molecule has 1 aliphatic carbocycles. The second-order valence-electron chi connectivity index (χ2n) is 9.48. The van der Waals surface area contributed by atoms with E-state index >= 15 is 0 Å². The molecule has 0 heterocycles.